The van der Waals surface area contributed by atoms with Crippen molar-refractivity contribution in [3.63, 3.8) is 0 Å². The lowest BCUT2D eigenvalue weighted by molar-refractivity contribution is -0.122. The molecule has 0 saturated heterocycles. The molecule has 1 aromatic heterocycles. The molecule has 1 heterocycles. The van der Waals surface area contributed by atoms with Gasteiger partial charge in [-0.05, 0) is 56.2 Å². The minimum Gasteiger partial charge on any atom is -0.467 e. The fourth-order valence-corrected chi connectivity index (χ4v) is 3.78. The van der Waals surface area contributed by atoms with Crippen LogP contribution in [0.5, 0.6) is 0 Å². The number of nitrogens with zero attached hydrogens (tertiary/aromatic N) is 1. The number of carbonyl (C=O) groups is 1. The smallest absolute Gasteiger partial charge is 0.243 e. The molecule has 24 heavy (non-hydrogen) atoms. The molecule has 1 N–H and O–H groups in total. The summed E-state index contributed by atoms with van der Waals surface area (Å²) in [5.41, 5.74) is 2.35. The highest BCUT2D eigenvalue weighted by molar-refractivity contribution is 7.92. The SMILES string of the molecule is Cc1cc(C)cc(N([C@H](C)C(=O)NCc2ccco2)S(C)(=O)=O)c1. The molecule has 0 spiro atoms. The number of nitrogens with one attached hydrogen (secondary N) is 1. The number of amides is 1. The Morgan fingerprint density at radius 2 is 1.88 bits per heavy atom. The predicted molar refractivity (Wildman–Crippen MR) is 93.3 cm³/mol. The molecule has 0 unspecified atom stereocenters. The monoisotopic (exact) mass is 350 g/mol. The van der Waals surface area contributed by atoms with Crippen LogP contribution in [0.25, 0.3) is 0 Å². The van der Waals surface area contributed by atoms with E-state index in [1.54, 1.807) is 31.2 Å². The van der Waals surface area contributed by atoms with E-state index in [2.05, 4.69) is 5.32 Å². The van der Waals surface area contributed by atoms with Gasteiger partial charge in [0.2, 0.25) is 15.9 Å². The summed E-state index contributed by atoms with van der Waals surface area (Å²) in [5.74, 6) is 0.212. The first-order valence-electron chi connectivity index (χ1n) is 7.56. The van der Waals surface area contributed by atoms with Crippen molar-refractivity contribution in [1.29, 1.82) is 0 Å². The highest BCUT2D eigenvalue weighted by Gasteiger charge is 2.29. The van der Waals surface area contributed by atoms with Gasteiger partial charge in [-0.2, -0.15) is 0 Å². The summed E-state index contributed by atoms with van der Waals surface area (Å²) in [6.45, 7) is 5.55. The fourth-order valence-electron chi connectivity index (χ4n) is 2.62. The average molecular weight is 350 g/mol. The second kappa shape index (κ2) is 7.09. The summed E-state index contributed by atoms with van der Waals surface area (Å²) >= 11 is 0. The largest absolute Gasteiger partial charge is 0.467 e. The van der Waals surface area contributed by atoms with Crippen LogP contribution >= 0.6 is 0 Å². The van der Waals surface area contributed by atoms with Crippen LogP contribution in [0, 0.1) is 13.8 Å². The van der Waals surface area contributed by atoms with Crippen molar-refractivity contribution in [3.05, 3.63) is 53.5 Å². The number of anilines is 1. The number of furan rings is 1. The van der Waals surface area contributed by atoms with Crippen molar-refractivity contribution in [1.82, 2.24) is 5.32 Å². The maximum absolute atomic E-state index is 12.4. The zero-order chi connectivity index (χ0) is 17.9. The minimum atomic E-state index is -3.62. The Bertz CT molecular complexity index is 793. The maximum Gasteiger partial charge on any atom is 0.243 e. The lowest BCUT2D eigenvalue weighted by Gasteiger charge is -2.28. The van der Waals surface area contributed by atoms with Gasteiger partial charge in [-0.1, -0.05) is 6.07 Å². The van der Waals surface area contributed by atoms with E-state index in [1.807, 2.05) is 19.9 Å². The van der Waals surface area contributed by atoms with E-state index in [4.69, 9.17) is 4.42 Å². The molecule has 0 bridgehead atoms. The molecule has 1 atom stereocenters. The van der Waals surface area contributed by atoms with Crippen molar-refractivity contribution in [2.24, 2.45) is 0 Å². The number of benzene rings is 1. The normalized spacial score (nSPS) is 12.7. The molecule has 0 aliphatic rings. The van der Waals surface area contributed by atoms with E-state index >= 15 is 0 Å². The van der Waals surface area contributed by atoms with Crippen molar-refractivity contribution in [2.75, 3.05) is 10.6 Å². The van der Waals surface area contributed by atoms with E-state index in [1.165, 1.54) is 6.26 Å². The first-order valence-corrected chi connectivity index (χ1v) is 9.41. The zero-order valence-electron chi connectivity index (χ0n) is 14.2. The molecule has 0 aliphatic heterocycles. The fraction of sp³-hybridized carbons (Fsp3) is 0.353. The highest BCUT2D eigenvalue weighted by atomic mass is 32.2. The quantitative estimate of drug-likeness (QED) is 0.867. The van der Waals surface area contributed by atoms with Gasteiger partial charge in [-0.3, -0.25) is 9.10 Å². The molecule has 0 saturated carbocycles. The zero-order valence-corrected chi connectivity index (χ0v) is 15.1. The van der Waals surface area contributed by atoms with Crippen LogP contribution in [0.4, 0.5) is 5.69 Å². The first-order chi connectivity index (χ1) is 11.2. The number of hydrogen-bond donors (Lipinski definition) is 1. The van der Waals surface area contributed by atoms with Gasteiger partial charge in [-0.25, -0.2) is 8.42 Å². The summed E-state index contributed by atoms with van der Waals surface area (Å²) in [4.78, 5) is 12.4. The number of sulfonamides is 1. The maximum atomic E-state index is 12.4. The Kier molecular flexibility index (Phi) is 5.33. The molecule has 1 aromatic carbocycles. The van der Waals surface area contributed by atoms with Gasteiger partial charge in [0.1, 0.15) is 11.8 Å². The molecule has 2 aromatic rings. The highest BCUT2D eigenvalue weighted by Crippen LogP contribution is 2.23. The van der Waals surface area contributed by atoms with E-state index in [-0.39, 0.29) is 6.54 Å². The Morgan fingerprint density at radius 3 is 2.38 bits per heavy atom. The third-order valence-corrected chi connectivity index (χ3v) is 4.81. The van der Waals surface area contributed by atoms with Crippen LogP contribution in [0.1, 0.15) is 23.8 Å². The molecule has 0 fully saturated rings. The molecule has 0 radical (unpaired) electrons. The van der Waals surface area contributed by atoms with Crippen molar-refractivity contribution in [3.8, 4) is 0 Å². The Balaban J connectivity index is 2.25. The predicted octanol–water partition coefficient (Wildman–Crippen LogP) is 2.37. The van der Waals surface area contributed by atoms with Gasteiger partial charge in [0.05, 0.1) is 24.8 Å². The summed E-state index contributed by atoms with van der Waals surface area (Å²) in [7, 11) is -3.62. The van der Waals surface area contributed by atoms with E-state index < -0.39 is 22.0 Å². The summed E-state index contributed by atoms with van der Waals surface area (Å²) in [6.07, 6.45) is 2.62. The molecule has 1 amide bonds. The second-order valence-electron chi connectivity index (χ2n) is 5.88. The van der Waals surface area contributed by atoms with Gasteiger partial charge < -0.3 is 9.73 Å². The number of aryl methyl sites for hydroxylation is 2. The number of hydrogen-bond acceptors (Lipinski definition) is 4. The van der Waals surface area contributed by atoms with E-state index in [0.29, 0.717) is 11.4 Å². The van der Waals surface area contributed by atoms with Crippen molar-refractivity contribution in [2.45, 2.75) is 33.4 Å². The van der Waals surface area contributed by atoms with Crippen LogP contribution in [0.3, 0.4) is 0 Å². The second-order valence-corrected chi connectivity index (χ2v) is 7.74. The molecular weight excluding hydrogens is 328 g/mol. The first kappa shape index (κ1) is 18.1. The third-order valence-electron chi connectivity index (χ3n) is 3.57. The van der Waals surface area contributed by atoms with Gasteiger partial charge in [0.25, 0.3) is 0 Å². The lowest BCUT2D eigenvalue weighted by atomic mass is 10.1. The van der Waals surface area contributed by atoms with Crippen LogP contribution in [0.2, 0.25) is 0 Å². The Labute approximate surface area is 142 Å². The van der Waals surface area contributed by atoms with Crippen LogP contribution < -0.4 is 9.62 Å². The summed E-state index contributed by atoms with van der Waals surface area (Å²) in [5, 5.41) is 2.70. The Morgan fingerprint density at radius 1 is 1.25 bits per heavy atom. The number of rotatable bonds is 6. The average Bonchev–Trinajstić information content (AvgIpc) is 2.95. The van der Waals surface area contributed by atoms with Gasteiger partial charge in [-0.15, -0.1) is 0 Å². The summed E-state index contributed by atoms with van der Waals surface area (Å²) < 4.78 is 30.8. The summed E-state index contributed by atoms with van der Waals surface area (Å²) in [6, 6.07) is 8.04. The standard InChI is InChI=1S/C17H22N2O4S/c1-12-8-13(2)10-15(9-12)19(24(4,21)22)14(3)17(20)18-11-16-6-5-7-23-16/h5-10,14H,11H2,1-4H3,(H,18,20)/t14-/m1/s1. The third kappa shape index (κ3) is 4.38. The number of carbonyl (C=O) groups excluding carboxylic acids is 1. The minimum absolute atomic E-state index is 0.209. The molecular formula is C17H22N2O4S. The van der Waals surface area contributed by atoms with E-state index in [9.17, 15) is 13.2 Å². The van der Waals surface area contributed by atoms with Crippen LogP contribution in [-0.4, -0.2) is 26.6 Å². The molecule has 6 nitrogen and oxygen atoms in total. The van der Waals surface area contributed by atoms with Crippen LogP contribution in [0.15, 0.2) is 41.0 Å². The molecule has 130 valence electrons. The Hall–Kier alpha value is -2.28. The topological polar surface area (TPSA) is 79.6 Å². The molecule has 2 rings (SSSR count). The van der Waals surface area contributed by atoms with Gasteiger partial charge in [0, 0.05) is 0 Å². The van der Waals surface area contributed by atoms with Crippen molar-refractivity contribution < 1.29 is 17.6 Å². The van der Waals surface area contributed by atoms with Gasteiger partial charge in [0.15, 0.2) is 0 Å². The van der Waals surface area contributed by atoms with E-state index in [0.717, 1.165) is 21.7 Å². The van der Waals surface area contributed by atoms with Crippen molar-refractivity contribution >= 4 is 21.6 Å². The lowest BCUT2D eigenvalue weighted by Crippen LogP contribution is -2.47. The van der Waals surface area contributed by atoms with Crippen LogP contribution in [-0.2, 0) is 21.4 Å². The molecule has 0 aliphatic carbocycles. The molecule has 7 heteroatoms. The van der Waals surface area contributed by atoms with Gasteiger partial charge >= 0.3 is 0 Å².